The standard InChI is InChI=1S/C23H20ClN3O3S2/c1-3-13(2)27-22(30)20(32-23(27)31)19-16-6-4-5-7-17(16)26(21(19)29)12-18(28)25-15-10-8-14(24)9-11-15/h4-11,13H,3,12H2,1-2H3,(H,25,28)/b20-19-/t13-/m0/s1. The Morgan fingerprint density at radius 2 is 1.81 bits per heavy atom. The maximum Gasteiger partial charge on any atom is 0.267 e. The topological polar surface area (TPSA) is 69.7 Å². The quantitative estimate of drug-likeness (QED) is 0.491. The molecule has 6 nitrogen and oxygen atoms in total. The third-order valence-electron chi connectivity index (χ3n) is 5.41. The summed E-state index contributed by atoms with van der Waals surface area (Å²) in [7, 11) is 0. The van der Waals surface area contributed by atoms with Gasteiger partial charge in [0.15, 0.2) is 0 Å². The Bertz CT molecular complexity index is 1160. The first-order valence-corrected chi connectivity index (χ1v) is 11.7. The molecule has 4 rings (SSSR count). The number of carbonyl (C=O) groups is 3. The summed E-state index contributed by atoms with van der Waals surface area (Å²) in [4.78, 5) is 42.5. The highest BCUT2D eigenvalue weighted by Crippen LogP contribution is 2.45. The lowest BCUT2D eigenvalue weighted by Crippen LogP contribution is -2.37. The van der Waals surface area contributed by atoms with Gasteiger partial charge in [0.1, 0.15) is 10.9 Å². The van der Waals surface area contributed by atoms with Crippen molar-refractivity contribution in [1.29, 1.82) is 0 Å². The molecule has 0 saturated carbocycles. The smallest absolute Gasteiger partial charge is 0.267 e. The molecule has 1 fully saturated rings. The predicted octanol–water partition coefficient (Wildman–Crippen LogP) is 4.70. The van der Waals surface area contributed by atoms with Crippen LogP contribution >= 0.6 is 35.6 Å². The average molecular weight is 486 g/mol. The van der Waals surface area contributed by atoms with Crippen LogP contribution in [0.25, 0.3) is 5.57 Å². The number of amides is 3. The Balaban J connectivity index is 1.65. The lowest BCUT2D eigenvalue weighted by Gasteiger charge is -2.21. The highest BCUT2D eigenvalue weighted by Gasteiger charge is 2.43. The molecule has 2 aromatic rings. The lowest BCUT2D eigenvalue weighted by atomic mass is 10.1. The Hall–Kier alpha value is -2.68. The highest BCUT2D eigenvalue weighted by atomic mass is 35.5. The van der Waals surface area contributed by atoms with Gasteiger partial charge in [0.05, 0.1) is 16.2 Å². The summed E-state index contributed by atoms with van der Waals surface area (Å²) < 4.78 is 0.441. The number of benzene rings is 2. The van der Waals surface area contributed by atoms with Crippen LogP contribution in [0.5, 0.6) is 0 Å². The molecule has 9 heteroatoms. The van der Waals surface area contributed by atoms with Crippen LogP contribution in [0, 0.1) is 0 Å². The first-order valence-electron chi connectivity index (χ1n) is 10.1. The number of hydrogen-bond acceptors (Lipinski definition) is 5. The third-order valence-corrected chi connectivity index (χ3v) is 7.06. The number of anilines is 2. The number of hydrogen-bond donors (Lipinski definition) is 1. The van der Waals surface area contributed by atoms with Gasteiger partial charge in [-0.2, -0.15) is 0 Å². The van der Waals surface area contributed by atoms with E-state index in [0.29, 0.717) is 36.8 Å². The molecule has 0 spiro atoms. The lowest BCUT2D eigenvalue weighted by molar-refractivity contribution is -0.123. The summed E-state index contributed by atoms with van der Waals surface area (Å²) in [5.74, 6) is -1.01. The van der Waals surface area contributed by atoms with E-state index in [1.807, 2.05) is 13.8 Å². The summed E-state index contributed by atoms with van der Waals surface area (Å²) in [6.07, 6.45) is 0.747. The van der Waals surface area contributed by atoms with E-state index in [1.165, 1.54) is 4.90 Å². The fourth-order valence-electron chi connectivity index (χ4n) is 3.63. The van der Waals surface area contributed by atoms with E-state index in [1.54, 1.807) is 53.4 Å². The van der Waals surface area contributed by atoms with Crippen LogP contribution in [-0.2, 0) is 14.4 Å². The zero-order chi connectivity index (χ0) is 23.0. The Morgan fingerprint density at radius 1 is 1.12 bits per heavy atom. The second-order valence-electron chi connectivity index (χ2n) is 7.47. The van der Waals surface area contributed by atoms with Gasteiger partial charge in [0.25, 0.3) is 11.8 Å². The van der Waals surface area contributed by atoms with Crippen LogP contribution in [0.15, 0.2) is 53.4 Å². The monoisotopic (exact) mass is 485 g/mol. The largest absolute Gasteiger partial charge is 0.325 e. The second kappa shape index (κ2) is 9.05. The number of nitrogens with one attached hydrogen (secondary N) is 1. The molecular formula is C23H20ClN3O3S2. The van der Waals surface area contributed by atoms with Gasteiger partial charge in [-0.15, -0.1) is 0 Å². The van der Waals surface area contributed by atoms with Gasteiger partial charge in [0, 0.05) is 22.3 Å². The Kier molecular flexibility index (Phi) is 6.37. The van der Waals surface area contributed by atoms with E-state index >= 15 is 0 Å². The Morgan fingerprint density at radius 3 is 2.50 bits per heavy atom. The summed E-state index contributed by atoms with van der Waals surface area (Å²) in [5, 5.41) is 3.33. The van der Waals surface area contributed by atoms with Gasteiger partial charge in [-0.25, -0.2) is 0 Å². The fourth-order valence-corrected chi connectivity index (χ4v) is 5.29. The normalized spacial score (nSPS) is 18.9. The molecule has 0 radical (unpaired) electrons. The SMILES string of the molecule is CC[C@H](C)N1C(=O)/C(=C2/C(=O)N(CC(=O)Nc3ccc(Cl)cc3)c3ccccc32)SC1=S. The number of thioether (sulfide) groups is 1. The number of rotatable bonds is 5. The van der Waals surface area contributed by atoms with E-state index < -0.39 is 0 Å². The minimum absolute atomic E-state index is 0.0615. The van der Waals surface area contributed by atoms with E-state index in [0.717, 1.165) is 18.2 Å². The molecule has 1 N–H and O–H groups in total. The molecule has 2 aliphatic rings. The average Bonchev–Trinajstić information content (AvgIpc) is 3.21. The third kappa shape index (κ3) is 4.05. The number of halogens is 1. The van der Waals surface area contributed by atoms with Crippen LogP contribution in [0.2, 0.25) is 5.02 Å². The molecule has 32 heavy (non-hydrogen) atoms. The molecule has 2 aliphatic heterocycles. The predicted molar refractivity (Wildman–Crippen MR) is 133 cm³/mol. The molecule has 0 aromatic heterocycles. The maximum absolute atomic E-state index is 13.4. The van der Waals surface area contributed by atoms with E-state index in [4.69, 9.17) is 23.8 Å². The van der Waals surface area contributed by atoms with Crippen molar-refractivity contribution in [3.05, 3.63) is 64.0 Å². The Labute approximate surface area is 200 Å². The molecule has 0 unspecified atom stereocenters. The van der Waals surface area contributed by atoms with Gasteiger partial charge in [-0.05, 0) is 43.7 Å². The first kappa shape index (κ1) is 22.5. The van der Waals surface area contributed by atoms with Gasteiger partial charge < -0.3 is 5.32 Å². The maximum atomic E-state index is 13.4. The van der Waals surface area contributed by atoms with Gasteiger partial charge in [-0.1, -0.05) is 60.7 Å². The van der Waals surface area contributed by atoms with Crippen LogP contribution in [0.3, 0.4) is 0 Å². The van der Waals surface area contributed by atoms with Gasteiger partial charge >= 0.3 is 0 Å². The van der Waals surface area contributed by atoms with Crippen LogP contribution in [0.4, 0.5) is 11.4 Å². The van der Waals surface area contributed by atoms with Crippen molar-refractivity contribution in [1.82, 2.24) is 4.90 Å². The van der Waals surface area contributed by atoms with E-state index in [-0.39, 0.29) is 30.3 Å². The second-order valence-corrected chi connectivity index (χ2v) is 9.55. The zero-order valence-electron chi connectivity index (χ0n) is 17.4. The first-order chi connectivity index (χ1) is 15.3. The number of carbonyl (C=O) groups excluding carboxylic acids is 3. The van der Waals surface area contributed by atoms with Crippen molar-refractivity contribution in [2.24, 2.45) is 0 Å². The van der Waals surface area contributed by atoms with Crippen molar-refractivity contribution in [2.75, 3.05) is 16.8 Å². The van der Waals surface area contributed by atoms with Crippen molar-refractivity contribution < 1.29 is 14.4 Å². The fraction of sp³-hybridized carbons (Fsp3) is 0.217. The van der Waals surface area contributed by atoms with Gasteiger partial charge in [0.2, 0.25) is 5.91 Å². The molecule has 164 valence electrons. The molecule has 1 atom stereocenters. The van der Waals surface area contributed by atoms with Crippen LogP contribution < -0.4 is 10.2 Å². The number of nitrogens with zero attached hydrogens (tertiary/aromatic N) is 2. The van der Waals surface area contributed by atoms with E-state index in [9.17, 15) is 14.4 Å². The number of thiocarbonyl (C=S) groups is 1. The molecule has 3 amide bonds. The molecule has 0 bridgehead atoms. The van der Waals surface area contributed by atoms with Crippen molar-refractivity contribution in [3.63, 3.8) is 0 Å². The molecule has 1 saturated heterocycles. The van der Waals surface area contributed by atoms with Crippen molar-refractivity contribution in [2.45, 2.75) is 26.3 Å². The number of fused-ring (bicyclic) bond motifs is 1. The molecule has 0 aliphatic carbocycles. The minimum atomic E-state index is -0.387. The van der Waals surface area contributed by atoms with Crippen molar-refractivity contribution >= 4 is 74.6 Å². The van der Waals surface area contributed by atoms with Crippen molar-refractivity contribution in [3.8, 4) is 0 Å². The summed E-state index contributed by atoms with van der Waals surface area (Å²) in [6.45, 7) is 3.72. The van der Waals surface area contributed by atoms with Crippen LogP contribution in [0.1, 0.15) is 25.8 Å². The van der Waals surface area contributed by atoms with Crippen LogP contribution in [-0.4, -0.2) is 39.5 Å². The van der Waals surface area contributed by atoms with Gasteiger partial charge in [-0.3, -0.25) is 24.2 Å². The van der Waals surface area contributed by atoms with E-state index in [2.05, 4.69) is 5.32 Å². The molecular weight excluding hydrogens is 466 g/mol. The highest BCUT2D eigenvalue weighted by molar-refractivity contribution is 8.26. The molecule has 2 aromatic carbocycles. The summed E-state index contributed by atoms with van der Waals surface area (Å²) >= 11 is 12.5. The zero-order valence-corrected chi connectivity index (χ0v) is 19.8. The minimum Gasteiger partial charge on any atom is -0.325 e. The number of para-hydroxylation sites is 1. The molecule has 2 heterocycles. The summed E-state index contributed by atoms with van der Waals surface area (Å²) in [6, 6.07) is 13.8. The summed E-state index contributed by atoms with van der Waals surface area (Å²) in [5.41, 5.74) is 2.09.